The number of nitrogens with zero attached hydrogens (tertiary/aromatic N) is 2. The van der Waals surface area contributed by atoms with Gasteiger partial charge in [-0.2, -0.15) is 0 Å². The van der Waals surface area contributed by atoms with Gasteiger partial charge in [-0.25, -0.2) is 9.18 Å². The van der Waals surface area contributed by atoms with Gasteiger partial charge in [0.2, 0.25) is 0 Å². The Hall–Kier alpha value is -2.93. The molecule has 0 amide bonds. The van der Waals surface area contributed by atoms with Crippen LogP contribution >= 0.6 is 0 Å². The molecule has 0 saturated heterocycles. The average molecular weight is 441 g/mol. The van der Waals surface area contributed by atoms with E-state index in [1.807, 2.05) is 0 Å². The molecule has 7 heteroatoms. The lowest BCUT2D eigenvalue weighted by Crippen LogP contribution is -2.33. The largest absolute Gasteiger partial charge is 0.488 e. The van der Waals surface area contributed by atoms with Crippen molar-refractivity contribution >= 4 is 5.97 Å². The van der Waals surface area contributed by atoms with Crippen LogP contribution in [0.15, 0.2) is 47.3 Å². The van der Waals surface area contributed by atoms with Gasteiger partial charge in [-0.05, 0) is 42.9 Å². The molecular weight excluding hydrogens is 411 g/mol. The molecule has 4 rings (SSSR count). The summed E-state index contributed by atoms with van der Waals surface area (Å²) in [6.45, 7) is 3.18. The first-order valence-corrected chi connectivity index (χ1v) is 11.1. The Bertz CT molecular complexity index is 1050. The highest BCUT2D eigenvalue weighted by molar-refractivity contribution is 5.93. The van der Waals surface area contributed by atoms with E-state index in [1.165, 1.54) is 31.7 Å². The first kappa shape index (κ1) is 22.3. The van der Waals surface area contributed by atoms with Gasteiger partial charge < -0.3 is 18.9 Å². The topological polar surface area (TPSA) is 60.8 Å². The second-order valence-electron chi connectivity index (χ2n) is 8.43. The molecule has 2 aliphatic rings. The van der Waals surface area contributed by atoms with E-state index in [4.69, 9.17) is 9.47 Å². The molecule has 1 aliphatic carbocycles. The fourth-order valence-corrected chi connectivity index (χ4v) is 4.54. The van der Waals surface area contributed by atoms with Crippen LogP contribution in [0.2, 0.25) is 0 Å². The number of esters is 1. The number of ether oxygens (including phenoxy) is 2. The van der Waals surface area contributed by atoms with Gasteiger partial charge in [0, 0.05) is 44.4 Å². The number of carbonyl (C=O) groups is 1. The first-order valence-electron chi connectivity index (χ1n) is 11.1. The molecule has 1 unspecified atom stereocenters. The van der Waals surface area contributed by atoms with Gasteiger partial charge in [0.05, 0.1) is 7.11 Å². The number of allylic oxidation sites excluding steroid dienone is 2. The Balaban J connectivity index is 1.57. The Morgan fingerprint density at radius 2 is 1.97 bits per heavy atom. The van der Waals surface area contributed by atoms with Gasteiger partial charge in [0.1, 0.15) is 23.7 Å². The number of halogens is 1. The number of carbonyl (C=O) groups excluding carboxylic acids is 1. The maximum absolute atomic E-state index is 13.2. The average Bonchev–Trinajstić information content (AvgIpc) is 3.02. The predicted molar refractivity (Wildman–Crippen MR) is 119 cm³/mol. The highest BCUT2D eigenvalue weighted by Crippen LogP contribution is 2.26. The van der Waals surface area contributed by atoms with Gasteiger partial charge >= 0.3 is 5.97 Å². The molecule has 1 aromatic carbocycles. The van der Waals surface area contributed by atoms with Crippen molar-refractivity contribution in [2.45, 2.75) is 38.8 Å². The summed E-state index contributed by atoms with van der Waals surface area (Å²) < 4.78 is 25.7. The summed E-state index contributed by atoms with van der Waals surface area (Å²) in [6, 6.07) is 7.29. The van der Waals surface area contributed by atoms with Gasteiger partial charge in [-0.1, -0.05) is 24.3 Å². The monoisotopic (exact) mass is 440 g/mol. The maximum atomic E-state index is 13.2. The van der Waals surface area contributed by atoms with E-state index in [0.29, 0.717) is 30.1 Å². The van der Waals surface area contributed by atoms with E-state index in [9.17, 15) is 14.0 Å². The molecule has 1 aromatic heterocycles. The van der Waals surface area contributed by atoms with Gasteiger partial charge in [0.15, 0.2) is 0 Å². The van der Waals surface area contributed by atoms with E-state index in [1.54, 1.807) is 16.7 Å². The second kappa shape index (κ2) is 10.1. The zero-order valence-electron chi connectivity index (χ0n) is 18.4. The fraction of sp³-hybridized carbons (Fsp3) is 0.440. The van der Waals surface area contributed by atoms with Crippen LogP contribution < -0.4 is 10.3 Å². The maximum Gasteiger partial charge on any atom is 0.343 e. The molecule has 1 atom stereocenters. The Kier molecular flexibility index (Phi) is 7.05. The van der Waals surface area contributed by atoms with Crippen molar-refractivity contribution < 1.29 is 18.7 Å². The third-order valence-electron chi connectivity index (χ3n) is 6.28. The highest BCUT2D eigenvalue weighted by Gasteiger charge is 2.27. The lowest BCUT2D eigenvalue weighted by molar-refractivity contribution is 0.0592. The zero-order valence-corrected chi connectivity index (χ0v) is 18.4. The van der Waals surface area contributed by atoms with Gasteiger partial charge in [-0.3, -0.25) is 4.79 Å². The smallest absolute Gasteiger partial charge is 0.343 e. The number of aromatic nitrogens is 1. The van der Waals surface area contributed by atoms with Gasteiger partial charge in [-0.15, -0.1) is 0 Å². The fourth-order valence-electron chi connectivity index (χ4n) is 4.54. The summed E-state index contributed by atoms with van der Waals surface area (Å²) >= 11 is 0. The first-order chi connectivity index (χ1) is 15.5. The van der Waals surface area contributed by atoms with Crippen molar-refractivity contribution in [2.24, 2.45) is 5.92 Å². The van der Waals surface area contributed by atoms with E-state index in [2.05, 4.69) is 17.1 Å². The third-order valence-corrected chi connectivity index (χ3v) is 6.28. The molecule has 170 valence electrons. The number of rotatable bonds is 6. The van der Waals surface area contributed by atoms with Crippen LogP contribution in [0, 0.1) is 11.7 Å². The molecule has 32 heavy (non-hydrogen) atoms. The van der Waals surface area contributed by atoms with Crippen LogP contribution in [0.3, 0.4) is 0 Å². The molecule has 0 N–H and O–H groups in total. The van der Waals surface area contributed by atoms with Crippen LogP contribution in [-0.4, -0.2) is 42.2 Å². The third kappa shape index (κ3) is 5.10. The Labute approximate surface area is 187 Å². The molecule has 0 saturated carbocycles. The number of pyridine rings is 1. The van der Waals surface area contributed by atoms with Crippen LogP contribution in [-0.2, 0) is 24.3 Å². The standard InChI is InChI=1S/C25H29FN2O4/c1-31-25(30)24-21-11-12-27(16-18-5-3-2-4-6-18)13-14-28(21)23(29)15-22(24)32-17-19-7-9-20(26)10-8-19/h2-3,7-10,15,18H,4-6,11-14,16-17H2,1H3. The normalized spacial score (nSPS) is 18.6. The number of hydrogen-bond donors (Lipinski definition) is 0. The predicted octanol–water partition coefficient (Wildman–Crippen LogP) is 3.57. The SMILES string of the molecule is COC(=O)c1c(OCc2ccc(F)cc2)cc(=O)n2c1CCN(CC1CC=CCC1)CC2. The summed E-state index contributed by atoms with van der Waals surface area (Å²) in [5.41, 5.74) is 1.51. The molecule has 0 radical (unpaired) electrons. The summed E-state index contributed by atoms with van der Waals surface area (Å²) in [5.74, 6) is -0.00860. The van der Waals surface area contributed by atoms with E-state index < -0.39 is 5.97 Å². The molecule has 2 heterocycles. The molecule has 6 nitrogen and oxygen atoms in total. The summed E-state index contributed by atoms with van der Waals surface area (Å²) in [5, 5.41) is 0. The van der Waals surface area contributed by atoms with Crippen LogP contribution in [0.1, 0.15) is 40.9 Å². The van der Waals surface area contributed by atoms with E-state index >= 15 is 0 Å². The van der Waals surface area contributed by atoms with Crippen molar-refractivity contribution in [3.63, 3.8) is 0 Å². The number of fused-ring (bicyclic) bond motifs is 1. The van der Waals surface area contributed by atoms with Crippen LogP contribution in [0.4, 0.5) is 4.39 Å². The number of benzene rings is 1. The van der Waals surface area contributed by atoms with Gasteiger partial charge in [0.25, 0.3) is 5.56 Å². The molecular formula is C25H29FN2O4. The minimum absolute atomic E-state index is 0.120. The quantitative estimate of drug-likeness (QED) is 0.508. The Morgan fingerprint density at radius 1 is 1.16 bits per heavy atom. The van der Waals surface area contributed by atoms with Crippen LogP contribution in [0.5, 0.6) is 5.75 Å². The number of methoxy groups -OCH3 is 1. The summed E-state index contributed by atoms with van der Waals surface area (Å²) in [4.78, 5) is 28.0. The Morgan fingerprint density at radius 3 is 2.69 bits per heavy atom. The molecule has 1 aliphatic heterocycles. The van der Waals surface area contributed by atoms with Crippen molar-refractivity contribution in [1.82, 2.24) is 9.47 Å². The van der Waals surface area contributed by atoms with Crippen molar-refractivity contribution in [3.05, 3.63) is 75.5 Å². The van der Waals surface area contributed by atoms with Crippen molar-refractivity contribution in [1.29, 1.82) is 0 Å². The molecule has 0 bridgehead atoms. The second-order valence-corrected chi connectivity index (χ2v) is 8.43. The summed E-state index contributed by atoms with van der Waals surface area (Å²) in [7, 11) is 1.33. The number of hydrogen-bond acceptors (Lipinski definition) is 5. The lowest BCUT2D eigenvalue weighted by atomic mass is 9.94. The highest BCUT2D eigenvalue weighted by atomic mass is 19.1. The van der Waals surface area contributed by atoms with Crippen molar-refractivity contribution in [2.75, 3.05) is 26.7 Å². The molecule has 0 fully saturated rings. The van der Waals surface area contributed by atoms with E-state index in [0.717, 1.165) is 38.0 Å². The zero-order chi connectivity index (χ0) is 22.5. The minimum Gasteiger partial charge on any atom is -0.488 e. The van der Waals surface area contributed by atoms with Crippen molar-refractivity contribution in [3.8, 4) is 5.75 Å². The lowest BCUT2D eigenvalue weighted by Gasteiger charge is -2.26. The minimum atomic E-state index is -0.520. The molecule has 0 spiro atoms. The summed E-state index contributed by atoms with van der Waals surface area (Å²) in [6.07, 6.45) is 8.47. The van der Waals surface area contributed by atoms with E-state index in [-0.39, 0.29) is 23.7 Å². The van der Waals surface area contributed by atoms with Crippen LogP contribution in [0.25, 0.3) is 0 Å². The molecule has 2 aromatic rings.